The Morgan fingerprint density at radius 3 is 2.42 bits per heavy atom. The van der Waals surface area contributed by atoms with Crippen LogP contribution in [0.4, 0.5) is 0 Å². The van der Waals surface area contributed by atoms with Gasteiger partial charge in [0.05, 0.1) is 5.75 Å². The monoisotopic (exact) mass is 211 g/mol. The van der Waals surface area contributed by atoms with E-state index in [1.807, 2.05) is 13.8 Å². The summed E-state index contributed by atoms with van der Waals surface area (Å²) in [6.45, 7) is 4.09. The van der Waals surface area contributed by atoms with E-state index < -0.39 is 10.0 Å². The van der Waals surface area contributed by atoms with Gasteiger partial charge in [0, 0.05) is 11.9 Å². The second kappa shape index (κ2) is 3.16. The lowest BCUT2D eigenvalue weighted by Gasteiger charge is -2.05. The molecule has 1 aliphatic rings. The lowest BCUT2D eigenvalue weighted by atomic mass is 10.2. The molecule has 1 saturated carbocycles. The maximum absolute atomic E-state index is 11.2. The van der Waals surface area contributed by atoms with Crippen LogP contribution < -0.4 is 4.72 Å². The molecule has 0 aromatic rings. The predicted octanol–water partition coefficient (Wildman–Crippen LogP) is 0.943. The molecule has 1 atom stereocenters. The zero-order valence-electron chi connectivity index (χ0n) is 7.30. The molecule has 1 fully saturated rings. The molecule has 1 aliphatic carbocycles. The van der Waals surface area contributed by atoms with Crippen LogP contribution in [0.25, 0.3) is 0 Å². The van der Waals surface area contributed by atoms with E-state index in [2.05, 4.69) is 4.72 Å². The largest absolute Gasteiger partial charge is 0.213 e. The number of nitrogens with one attached hydrogen (secondary N) is 1. The zero-order valence-corrected chi connectivity index (χ0v) is 8.87. The Morgan fingerprint density at radius 1 is 1.58 bits per heavy atom. The Labute approximate surface area is 78.5 Å². The second-order valence-corrected chi connectivity index (χ2v) is 6.12. The highest BCUT2D eigenvalue weighted by atomic mass is 35.5. The molecular formula is C7H14ClNO2S. The molecule has 1 unspecified atom stereocenters. The Bertz CT molecular complexity index is 261. The lowest BCUT2D eigenvalue weighted by Crippen LogP contribution is -2.31. The second-order valence-electron chi connectivity index (χ2n) is 3.87. The summed E-state index contributed by atoms with van der Waals surface area (Å²) in [6.07, 6.45) is 0.925. The van der Waals surface area contributed by atoms with Gasteiger partial charge < -0.3 is 0 Å². The van der Waals surface area contributed by atoms with E-state index in [0.29, 0.717) is 0 Å². The van der Waals surface area contributed by atoms with Crippen molar-refractivity contribution in [3.05, 3.63) is 0 Å². The van der Waals surface area contributed by atoms with Crippen molar-refractivity contribution in [1.29, 1.82) is 0 Å². The predicted molar refractivity (Wildman–Crippen MR) is 49.8 cm³/mol. The first-order chi connectivity index (χ1) is 5.37. The summed E-state index contributed by atoms with van der Waals surface area (Å²) in [5.74, 6) is 0.170. The number of hydrogen-bond acceptors (Lipinski definition) is 2. The minimum Gasteiger partial charge on any atom is -0.212 e. The maximum Gasteiger partial charge on any atom is 0.213 e. The minimum absolute atomic E-state index is 0.0150. The normalized spacial score (nSPS) is 27.1. The molecule has 0 radical (unpaired) electrons. The van der Waals surface area contributed by atoms with E-state index >= 15 is 0 Å². The van der Waals surface area contributed by atoms with Gasteiger partial charge in [-0.3, -0.25) is 0 Å². The molecular weight excluding hydrogens is 198 g/mol. The number of sulfonamides is 1. The van der Waals surface area contributed by atoms with Crippen LogP contribution in [-0.2, 0) is 10.0 Å². The molecule has 3 nitrogen and oxygen atoms in total. The molecule has 0 aromatic carbocycles. The summed E-state index contributed by atoms with van der Waals surface area (Å²) in [7, 11) is -3.12. The minimum atomic E-state index is -3.12. The molecule has 0 bridgehead atoms. The molecule has 0 saturated heterocycles. The molecule has 5 heteroatoms. The Hall–Kier alpha value is 0.200. The van der Waals surface area contributed by atoms with Crippen molar-refractivity contribution in [3.8, 4) is 0 Å². The van der Waals surface area contributed by atoms with Gasteiger partial charge in [-0.25, -0.2) is 13.1 Å². The Balaban J connectivity index is 2.43. The van der Waals surface area contributed by atoms with E-state index in [-0.39, 0.29) is 23.1 Å². The van der Waals surface area contributed by atoms with Crippen molar-refractivity contribution >= 4 is 21.6 Å². The van der Waals surface area contributed by atoms with E-state index in [0.717, 1.165) is 6.42 Å². The van der Waals surface area contributed by atoms with Gasteiger partial charge >= 0.3 is 0 Å². The molecule has 0 spiro atoms. The number of hydrogen-bond donors (Lipinski definition) is 1. The first kappa shape index (κ1) is 10.3. The molecule has 0 aliphatic heterocycles. The summed E-state index contributed by atoms with van der Waals surface area (Å²) in [6, 6.07) is 0.116. The molecule has 1 rings (SSSR count). The number of rotatable bonds is 4. The van der Waals surface area contributed by atoms with E-state index in [4.69, 9.17) is 11.6 Å². The molecule has 1 N–H and O–H groups in total. The van der Waals surface area contributed by atoms with Gasteiger partial charge in [0.1, 0.15) is 0 Å². The van der Waals surface area contributed by atoms with Crippen LogP contribution in [-0.4, -0.2) is 26.1 Å². The maximum atomic E-state index is 11.2. The average molecular weight is 212 g/mol. The van der Waals surface area contributed by atoms with Crippen molar-refractivity contribution in [2.45, 2.75) is 26.3 Å². The van der Waals surface area contributed by atoms with Crippen molar-refractivity contribution in [1.82, 2.24) is 4.72 Å². The summed E-state index contributed by atoms with van der Waals surface area (Å²) in [4.78, 5) is 0. The quantitative estimate of drug-likeness (QED) is 0.704. The molecule has 0 aromatic heterocycles. The number of halogens is 1. The van der Waals surface area contributed by atoms with Gasteiger partial charge in [0.25, 0.3) is 0 Å². The van der Waals surface area contributed by atoms with Crippen LogP contribution in [0.3, 0.4) is 0 Å². The molecule has 72 valence electrons. The van der Waals surface area contributed by atoms with Crippen molar-refractivity contribution < 1.29 is 8.42 Å². The van der Waals surface area contributed by atoms with Crippen LogP contribution in [0.15, 0.2) is 0 Å². The first-order valence-electron chi connectivity index (χ1n) is 3.93. The van der Waals surface area contributed by atoms with Crippen LogP contribution in [0.1, 0.15) is 20.3 Å². The summed E-state index contributed by atoms with van der Waals surface area (Å²) >= 11 is 5.34. The molecule has 0 amide bonds. The highest BCUT2D eigenvalue weighted by molar-refractivity contribution is 7.89. The third-order valence-corrected chi connectivity index (χ3v) is 3.98. The number of alkyl halides is 1. The Morgan fingerprint density at radius 2 is 2.08 bits per heavy atom. The third kappa shape index (κ3) is 2.61. The zero-order chi connectivity index (χ0) is 9.41. The van der Waals surface area contributed by atoms with Gasteiger partial charge in [0.2, 0.25) is 10.0 Å². The van der Waals surface area contributed by atoms with Gasteiger partial charge in [-0.05, 0) is 11.8 Å². The van der Waals surface area contributed by atoms with Gasteiger partial charge in [-0.2, -0.15) is 0 Å². The average Bonchev–Trinajstić information content (AvgIpc) is 2.36. The SMILES string of the molecule is CC1(C)CC1NS(=O)(=O)CCCl. The summed E-state index contributed by atoms with van der Waals surface area (Å²) in [5, 5.41) is 0. The van der Waals surface area contributed by atoms with Gasteiger partial charge in [0.15, 0.2) is 0 Å². The summed E-state index contributed by atoms with van der Waals surface area (Å²) < 4.78 is 25.0. The topological polar surface area (TPSA) is 46.2 Å². The standard InChI is InChI=1S/C7H14ClNO2S/c1-7(2)5-6(7)9-12(10,11)4-3-8/h6,9H,3-5H2,1-2H3. The van der Waals surface area contributed by atoms with Crippen molar-refractivity contribution in [3.63, 3.8) is 0 Å². The van der Waals surface area contributed by atoms with Crippen LogP contribution in [0.5, 0.6) is 0 Å². The van der Waals surface area contributed by atoms with Gasteiger partial charge in [-0.1, -0.05) is 13.8 Å². The van der Waals surface area contributed by atoms with Crippen molar-refractivity contribution in [2.24, 2.45) is 5.41 Å². The van der Waals surface area contributed by atoms with E-state index in [9.17, 15) is 8.42 Å². The van der Waals surface area contributed by atoms with Crippen LogP contribution in [0, 0.1) is 5.41 Å². The smallest absolute Gasteiger partial charge is 0.212 e. The van der Waals surface area contributed by atoms with E-state index in [1.165, 1.54) is 0 Å². The van der Waals surface area contributed by atoms with E-state index in [1.54, 1.807) is 0 Å². The third-order valence-electron chi connectivity index (χ3n) is 2.18. The van der Waals surface area contributed by atoms with Crippen LogP contribution >= 0.6 is 11.6 Å². The first-order valence-corrected chi connectivity index (χ1v) is 6.12. The molecule has 12 heavy (non-hydrogen) atoms. The summed E-state index contributed by atoms with van der Waals surface area (Å²) in [5.41, 5.74) is 0.138. The fraction of sp³-hybridized carbons (Fsp3) is 1.00. The van der Waals surface area contributed by atoms with Gasteiger partial charge in [-0.15, -0.1) is 11.6 Å². The fourth-order valence-corrected chi connectivity index (χ4v) is 2.81. The highest BCUT2D eigenvalue weighted by Crippen LogP contribution is 2.44. The lowest BCUT2D eigenvalue weighted by molar-refractivity contribution is 0.556. The van der Waals surface area contributed by atoms with Crippen molar-refractivity contribution in [2.75, 3.05) is 11.6 Å². The van der Waals surface area contributed by atoms with Crippen LogP contribution in [0.2, 0.25) is 0 Å². The molecule has 0 heterocycles. The Kier molecular flexibility index (Phi) is 2.71. The highest BCUT2D eigenvalue weighted by Gasteiger charge is 2.47. The fourth-order valence-electron chi connectivity index (χ4n) is 1.05.